The zero-order valence-electron chi connectivity index (χ0n) is 11.0. The van der Waals surface area contributed by atoms with E-state index in [1.54, 1.807) is 0 Å². The predicted molar refractivity (Wildman–Crippen MR) is 74.6 cm³/mol. The number of aryl methyl sites for hydroxylation is 1. The van der Waals surface area contributed by atoms with Crippen LogP contribution < -0.4 is 11.1 Å². The maximum Gasteiger partial charge on any atom is 0.241 e. The molecule has 0 unspecified atom stereocenters. The Labute approximate surface area is 109 Å². The molecule has 1 aromatic rings. The molecule has 0 aromatic heterocycles. The second-order valence-corrected chi connectivity index (χ2v) is 5.03. The molecule has 0 spiro atoms. The minimum absolute atomic E-state index is 0.0594. The van der Waals surface area contributed by atoms with Gasteiger partial charge in [0.25, 0.3) is 0 Å². The number of anilines is 1. The summed E-state index contributed by atoms with van der Waals surface area (Å²) in [5.74, 6) is -0.0594. The summed E-state index contributed by atoms with van der Waals surface area (Å²) in [5.41, 5.74) is 9.49. The van der Waals surface area contributed by atoms with Crippen LogP contribution in [-0.4, -0.2) is 11.9 Å². The lowest BCUT2D eigenvalue weighted by atomic mass is 9.90. The minimum Gasteiger partial charge on any atom is -0.324 e. The average molecular weight is 246 g/mol. The first-order chi connectivity index (χ1) is 8.72. The van der Waals surface area contributed by atoms with Gasteiger partial charge in [0.15, 0.2) is 0 Å². The van der Waals surface area contributed by atoms with Crippen molar-refractivity contribution < 1.29 is 4.79 Å². The third-order valence-electron chi connectivity index (χ3n) is 3.59. The second-order valence-electron chi connectivity index (χ2n) is 5.03. The van der Waals surface area contributed by atoms with E-state index in [0.29, 0.717) is 0 Å². The molecule has 0 aliphatic heterocycles. The first kappa shape index (κ1) is 13.1. The SMILES string of the molecule is CCC[C@@H](N)C(=O)Nc1cccc2c1CCCC2. The normalized spacial score (nSPS) is 15.9. The molecule has 3 N–H and O–H groups in total. The lowest BCUT2D eigenvalue weighted by Gasteiger charge is -2.20. The lowest BCUT2D eigenvalue weighted by Crippen LogP contribution is -2.35. The maximum absolute atomic E-state index is 12.0. The molecule has 0 heterocycles. The zero-order chi connectivity index (χ0) is 13.0. The summed E-state index contributed by atoms with van der Waals surface area (Å²) in [6.45, 7) is 2.04. The molecule has 0 saturated heterocycles. The van der Waals surface area contributed by atoms with Crippen molar-refractivity contribution in [1.29, 1.82) is 0 Å². The van der Waals surface area contributed by atoms with E-state index in [1.165, 1.54) is 24.0 Å². The van der Waals surface area contributed by atoms with Crippen LogP contribution in [0.25, 0.3) is 0 Å². The predicted octanol–water partition coefficient (Wildman–Crippen LogP) is 2.63. The molecule has 0 bridgehead atoms. The van der Waals surface area contributed by atoms with E-state index in [4.69, 9.17) is 5.73 Å². The molecule has 98 valence electrons. The van der Waals surface area contributed by atoms with E-state index < -0.39 is 6.04 Å². The fraction of sp³-hybridized carbons (Fsp3) is 0.533. The van der Waals surface area contributed by atoms with Crippen LogP contribution >= 0.6 is 0 Å². The summed E-state index contributed by atoms with van der Waals surface area (Å²) in [6.07, 6.45) is 6.32. The summed E-state index contributed by atoms with van der Waals surface area (Å²) in [5, 5.41) is 2.99. The van der Waals surface area contributed by atoms with Crippen molar-refractivity contribution in [3.63, 3.8) is 0 Å². The van der Waals surface area contributed by atoms with Gasteiger partial charge in [-0.25, -0.2) is 0 Å². The van der Waals surface area contributed by atoms with E-state index in [0.717, 1.165) is 31.4 Å². The number of nitrogens with two attached hydrogens (primary N) is 1. The number of nitrogens with one attached hydrogen (secondary N) is 1. The van der Waals surface area contributed by atoms with Crippen LogP contribution in [0.15, 0.2) is 18.2 Å². The smallest absolute Gasteiger partial charge is 0.241 e. The van der Waals surface area contributed by atoms with Crippen molar-refractivity contribution in [1.82, 2.24) is 0 Å². The zero-order valence-corrected chi connectivity index (χ0v) is 11.0. The molecule has 0 radical (unpaired) electrons. The van der Waals surface area contributed by atoms with Crippen molar-refractivity contribution in [2.75, 3.05) is 5.32 Å². The van der Waals surface area contributed by atoms with Gasteiger partial charge in [-0.2, -0.15) is 0 Å². The molecule has 1 amide bonds. The highest BCUT2D eigenvalue weighted by Gasteiger charge is 2.17. The minimum atomic E-state index is -0.394. The van der Waals surface area contributed by atoms with Crippen LogP contribution in [-0.2, 0) is 17.6 Å². The van der Waals surface area contributed by atoms with Crippen LogP contribution in [0.5, 0.6) is 0 Å². The quantitative estimate of drug-likeness (QED) is 0.858. The Hall–Kier alpha value is -1.35. The Bertz CT molecular complexity index is 429. The summed E-state index contributed by atoms with van der Waals surface area (Å²) >= 11 is 0. The van der Waals surface area contributed by atoms with Crippen LogP contribution in [0, 0.1) is 0 Å². The van der Waals surface area contributed by atoms with Crippen LogP contribution in [0.4, 0.5) is 5.69 Å². The maximum atomic E-state index is 12.0. The number of amides is 1. The molecular weight excluding hydrogens is 224 g/mol. The van der Waals surface area contributed by atoms with Gasteiger partial charge in [-0.15, -0.1) is 0 Å². The van der Waals surface area contributed by atoms with Crippen LogP contribution in [0.2, 0.25) is 0 Å². The molecule has 1 aromatic carbocycles. The van der Waals surface area contributed by atoms with Gasteiger partial charge in [0.2, 0.25) is 5.91 Å². The summed E-state index contributed by atoms with van der Waals surface area (Å²) < 4.78 is 0. The van der Waals surface area contributed by atoms with Gasteiger partial charge in [0.05, 0.1) is 6.04 Å². The molecule has 18 heavy (non-hydrogen) atoms. The molecule has 1 aliphatic carbocycles. The first-order valence-electron chi connectivity index (χ1n) is 6.89. The molecule has 3 nitrogen and oxygen atoms in total. The van der Waals surface area contributed by atoms with Gasteiger partial charge in [-0.3, -0.25) is 4.79 Å². The number of carbonyl (C=O) groups is 1. The van der Waals surface area contributed by atoms with Crippen molar-refractivity contribution >= 4 is 11.6 Å². The Kier molecular flexibility index (Phi) is 4.37. The Morgan fingerprint density at radius 1 is 1.39 bits per heavy atom. The second kappa shape index (κ2) is 6.01. The highest BCUT2D eigenvalue weighted by molar-refractivity contribution is 5.95. The highest BCUT2D eigenvalue weighted by Crippen LogP contribution is 2.27. The van der Waals surface area contributed by atoms with Gasteiger partial charge in [-0.05, 0) is 49.3 Å². The summed E-state index contributed by atoms with van der Waals surface area (Å²) in [7, 11) is 0. The standard InChI is InChI=1S/C15H22N2O/c1-2-6-13(16)15(18)17-14-10-5-8-11-7-3-4-9-12(11)14/h5,8,10,13H,2-4,6-7,9,16H2,1H3,(H,17,18)/t13-/m1/s1. The molecule has 0 fully saturated rings. The lowest BCUT2D eigenvalue weighted by molar-refractivity contribution is -0.117. The Morgan fingerprint density at radius 2 is 2.17 bits per heavy atom. The Balaban J connectivity index is 2.12. The number of fused-ring (bicyclic) bond motifs is 1. The number of hydrogen-bond acceptors (Lipinski definition) is 2. The van der Waals surface area contributed by atoms with E-state index in [9.17, 15) is 4.79 Å². The molecule has 1 aliphatic rings. The summed E-state index contributed by atoms with van der Waals surface area (Å²) in [4.78, 5) is 12.0. The monoisotopic (exact) mass is 246 g/mol. The number of hydrogen-bond donors (Lipinski definition) is 2. The molecule has 2 rings (SSSR count). The van der Waals surface area contributed by atoms with Crippen molar-refractivity contribution in [2.24, 2.45) is 5.73 Å². The van der Waals surface area contributed by atoms with Gasteiger partial charge in [0.1, 0.15) is 0 Å². The molecule has 1 atom stereocenters. The number of benzene rings is 1. The van der Waals surface area contributed by atoms with Gasteiger partial charge >= 0.3 is 0 Å². The number of rotatable bonds is 4. The third-order valence-corrected chi connectivity index (χ3v) is 3.59. The molecule has 0 saturated carbocycles. The fourth-order valence-electron chi connectivity index (χ4n) is 2.57. The van der Waals surface area contributed by atoms with Crippen molar-refractivity contribution in [2.45, 2.75) is 51.5 Å². The summed E-state index contributed by atoms with van der Waals surface area (Å²) in [6, 6.07) is 5.77. The van der Waals surface area contributed by atoms with Crippen LogP contribution in [0.1, 0.15) is 43.7 Å². The van der Waals surface area contributed by atoms with Gasteiger partial charge in [-0.1, -0.05) is 25.5 Å². The van der Waals surface area contributed by atoms with Crippen LogP contribution in [0.3, 0.4) is 0 Å². The molecular formula is C15H22N2O. The highest BCUT2D eigenvalue weighted by atomic mass is 16.2. The topological polar surface area (TPSA) is 55.1 Å². The van der Waals surface area contributed by atoms with Crippen molar-refractivity contribution in [3.8, 4) is 0 Å². The molecule has 3 heteroatoms. The van der Waals surface area contributed by atoms with Gasteiger partial charge < -0.3 is 11.1 Å². The van der Waals surface area contributed by atoms with E-state index >= 15 is 0 Å². The Morgan fingerprint density at radius 3 is 2.94 bits per heavy atom. The third kappa shape index (κ3) is 2.91. The van der Waals surface area contributed by atoms with Gasteiger partial charge in [0, 0.05) is 5.69 Å². The fourth-order valence-corrected chi connectivity index (χ4v) is 2.57. The van der Waals surface area contributed by atoms with E-state index in [-0.39, 0.29) is 5.91 Å². The first-order valence-corrected chi connectivity index (χ1v) is 6.89. The average Bonchev–Trinajstić information content (AvgIpc) is 2.39. The largest absolute Gasteiger partial charge is 0.324 e. The van der Waals surface area contributed by atoms with E-state index in [1.807, 2.05) is 19.1 Å². The van der Waals surface area contributed by atoms with Crippen molar-refractivity contribution in [3.05, 3.63) is 29.3 Å². The van der Waals surface area contributed by atoms with E-state index in [2.05, 4.69) is 11.4 Å². The number of carbonyl (C=O) groups excluding carboxylic acids is 1.